The molecule has 5 nitrogen and oxygen atoms in total. The summed E-state index contributed by atoms with van der Waals surface area (Å²) in [6, 6.07) is -0.640. The van der Waals surface area contributed by atoms with Crippen LogP contribution in [-0.4, -0.2) is 41.0 Å². The number of ether oxygens (including phenoxy) is 2. The predicted octanol–water partition coefficient (Wildman–Crippen LogP) is 2.72. The van der Waals surface area contributed by atoms with Crippen LogP contribution in [-0.2, 0) is 14.3 Å². The van der Waals surface area contributed by atoms with Gasteiger partial charge in [-0.1, -0.05) is 38.5 Å². The minimum atomic E-state index is -1.49. The maximum atomic E-state index is 14.0. The maximum absolute atomic E-state index is 14.0. The zero-order valence-corrected chi connectivity index (χ0v) is 17.3. The van der Waals surface area contributed by atoms with E-state index in [0.717, 1.165) is 17.6 Å². The number of ketones is 1. The van der Waals surface area contributed by atoms with E-state index in [-0.39, 0.29) is 17.1 Å². The largest absolute Gasteiger partial charge is 0.383 e. The van der Waals surface area contributed by atoms with Gasteiger partial charge in [0.15, 0.2) is 11.6 Å². The normalized spacial score (nSPS) is 47.9. The molecule has 4 aliphatic rings. The first-order valence-corrected chi connectivity index (χ1v) is 10.1. The van der Waals surface area contributed by atoms with E-state index in [2.05, 4.69) is 20.8 Å². The minimum absolute atomic E-state index is 0.0787. The number of allylic oxidation sites excluding steroid dienone is 1. The van der Waals surface area contributed by atoms with E-state index < -0.39 is 28.9 Å². The van der Waals surface area contributed by atoms with Crippen molar-refractivity contribution in [2.45, 2.75) is 77.9 Å². The van der Waals surface area contributed by atoms with Gasteiger partial charge >= 0.3 is 0 Å². The Bertz CT molecular complexity index is 751. The lowest BCUT2D eigenvalue weighted by Gasteiger charge is -2.51. The lowest BCUT2D eigenvalue weighted by Crippen LogP contribution is -2.67. The number of nitrogens with two attached hydrogens (primary N) is 1. The van der Waals surface area contributed by atoms with E-state index in [4.69, 9.17) is 15.2 Å². The molecule has 6 unspecified atom stereocenters. The van der Waals surface area contributed by atoms with Gasteiger partial charge < -0.3 is 20.3 Å². The third-order valence-electron chi connectivity index (χ3n) is 8.02. The van der Waals surface area contributed by atoms with Gasteiger partial charge in [0.2, 0.25) is 0 Å². The topological polar surface area (TPSA) is 81.8 Å². The van der Waals surface area contributed by atoms with Crippen molar-refractivity contribution in [3.8, 4) is 0 Å². The van der Waals surface area contributed by atoms with Gasteiger partial charge in [0.25, 0.3) is 0 Å². The summed E-state index contributed by atoms with van der Waals surface area (Å²) < 4.78 is 12.2. The van der Waals surface area contributed by atoms with Gasteiger partial charge in [-0.15, -0.1) is 0 Å². The highest BCUT2D eigenvalue weighted by Crippen LogP contribution is 2.61. The summed E-state index contributed by atoms with van der Waals surface area (Å²) in [7, 11) is 0. The van der Waals surface area contributed by atoms with E-state index in [0.29, 0.717) is 18.9 Å². The van der Waals surface area contributed by atoms with Crippen molar-refractivity contribution in [3.05, 3.63) is 23.3 Å². The van der Waals surface area contributed by atoms with Gasteiger partial charge in [-0.25, -0.2) is 0 Å². The summed E-state index contributed by atoms with van der Waals surface area (Å²) in [6.07, 6.45) is 4.80. The second-order valence-electron chi connectivity index (χ2n) is 10.2. The number of carbonyl (C=O) groups excluding carboxylic acids is 1. The van der Waals surface area contributed by atoms with Crippen molar-refractivity contribution >= 4 is 5.78 Å². The summed E-state index contributed by atoms with van der Waals surface area (Å²) in [5, 5.41) is 12.2. The smallest absolute Gasteiger partial charge is 0.164 e. The highest BCUT2D eigenvalue weighted by Gasteiger charge is 2.70. The van der Waals surface area contributed by atoms with Crippen molar-refractivity contribution < 1.29 is 19.4 Å². The summed E-state index contributed by atoms with van der Waals surface area (Å²) in [6.45, 7) is 12.5. The fourth-order valence-corrected chi connectivity index (χ4v) is 5.76. The fraction of sp³-hybridized carbons (Fsp3) is 0.773. The second-order valence-corrected chi connectivity index (χ2v) is 10.2. The molecule has 1 heterocycles. The van der Waals surface area contributed by atoms with Gasteiger partial charge in [0, 0.05) is 5.92 Å². The van der Waals surface area contributed by atoms with Crippen LogP contribution in [0.1, 0.15) is 54.4 Å². The third kappa shape index (κ3) is 2.29. The van der Waals surface area contributed by atoms with E-state index in [1.807, 2.05) is 32.9 Å². The molecule has 2 bridgehead atoms. The van der Waals surface area contributed by atoms with Crippen LogP contribution in [0.3, 0.4) is 0 Å². The molecule has 1 saturated carbocycles. The number of hydrogen-bond acceptors (Lipinski definition) is 5. The molecule has 0 aromatic carbocycles. The van der Waals surface area contributed by atoms with Gasteiger partial charge in [-0.05, 0) is 50.5 Å². The first-order chi connectivity index (χ1) is 12.4. The number of aliphatic hydroxyl groups is 1. The zero-order valence-electron chi connectivity index (χ0n) is 17.3. The Morgan fingerprint density at radius 2 is 1.93 bits per heavy atom. The number of carbonyl (C=O) groups is 1. The number of fused-ring (bicyclic) bond motifs is 3. The van der Waals surface area contributed by atoms with Crippen LogP contribution in [0.2, 0.25) is 0 Å². The molecular formula is C22H33NO4. The van der Waals surface area contributed by atoms with E-state index in [1.54, 1.807) is 0 Å². The molecule has 2 fully saturated rings. The summed E-state index contributed by atoms with van der Waals surface area (Å²) in [4.78, 5) is 14.0. The minimum Gasteiger partial charge on any atom is -0.383 e. The van der Waals surface area contributed by atoms with Crippen molar-refractivity contribution in [2.24, 2.45) is 28.4 Å². The van der Waals surface area contributed by atoms with Gasteiger partial charge in [0.1, 0.15) is 11.7 Å². The van der Waals surface area contributed by atoms with Crippen LogP contribution < -0.4 is 5.73 Å². The van der Waals surface area contributed by atoms with Crippen LogP contribution in [0.25, 0.3) is 0 Å². The molecule has 0 radical (unpaired) electrons. The molecule has 3 aliphatic carbocycles. The van der Waals surface area contributed by atoms with Gasteiger partial charge in [-0.3, -0.25) is 4.79 Å². The van der Waals surface area contributed by atoms with Crippen LogP contribution in [0.4, 0.5) is 0 Å². The second kappa shape index (κ2) is 5.53. The SMILES string of the molecule is CC1=CC23CCC(C)C(C)(C)C(C=C4COC(C)(C)OC4C2(O)C1N)C3=O. The molecule has 0 amide bonds. The Hall–Kier alpha value is -1.01. The molecule has 6 atom stereocenters. The Morgan fingerprint density at radius 3 is 2.59 bits per heavy atom. The van der Waals surface area contributed by atoms with E-state index in [9.17, 15) is 9.90 Å². The molecule has 4 rings (SSSR count). The van der Waals surface area contributed by atoms with Crippen molar-refractivity contribution in [2.75, 3.05) is 6.61 Å². The van der Waals surface area contributed by atoms with Crippen molar-refractivity contribution in [1.29, 1.82) is 0 Å². The van der Waals surface area contributed by atoms with Gasteiger partial charge in [-0.2, -0.15) is 0 Å². The monoisotopic (exact) mass is 375 g/mol. The molecule has 5 heteroatoms. The summed E-state index contributed by atoms with van der Waals surface area (Å²) in [5.41, 5.74) is 5.55. The standard InChI is InChI=1S/C22H33NO4/c1-12-10-21-8-7-13(2)19(3,4)15(17(21)24)9-14-11-26-20(5,6)27-18(14)22(21,25)16(12)23/h9-10,13,15-16,18,25H,7-8,11,23H2,1-6H3. The molecule has 150 valence electrons. The Kier molecular flexibility index (Phi) is 3.96. The third-order valence-corrected chi connectivity index (χ3v) is 8.02. The van der Waals surface area contributed by atoms with Crippen molar-refractivity contribution in [1.82, 2.24) is 0 Å². The fourth-order valence-electron chi connectivity index (χ4n) is 5.76. The molecule has 3 N–H and O–H groups in total. The Balaban J connectivity index is 2.00. The Morgan fingerprint density at radius 1 is 1.26 bits per heavy atom. The highest BCUT2D eigenvalue weighted by atomic mass is 16.7. The van der Waals surface area contributed by atoms with E-state index >= 15 is 0 Å². The van der Waals surface area contributed by atoms with Crippen LogP contribution in [0.15, 0.2) is 23.3 Å². The number of hydrogen-bond donors (Lipinski definition) is 2. The summed E-state index contributed by atoms with van der Waals surface area (Å²) in [5.74, 6) is -0.717. The van der Waals surface area contributed by atoms with Crippen LogP contribution >= 0.6 is 0 Å². The number of Topliss-reactive ketones (excluding diaryl/α,β-unsaturated/α-hetero) is 1. The lowest BCUT2D eigenvalue weighted by atomic mass is 9.62. The molecule has 27 heavy (non-hydrogen) atoms. The first-order valence-electron chi connectivity index (χ1n) is 10.1. The highest BCUT2D eigenvalue weighted by molar-refractivity contribution is 5.94. The molecule has 0 aromatic rings. The van der Waals surface area contributed by atoms with Gasteiger partial charge in [0.05, 0.1) is 18.1 Å². The molecule has 1 saturated heterocycles. The van der Waals surface area contributed by atoms with Crippen LogP contribution in [0.5, 0.6) is 0 Å². The maximum Gasteiger partial charge on any atom is 0.164 e. The summed E-state index contributed by atoms with van der Waals surface area (Å²) >= 11 is 0. The Labute approximate surface area is 162 Å². The molecule has 1 aliphatic heterocycles. The zero-order chi connectivity index (χ0) is 20.0. The van der Waals surface area contributed by atoms with E-state index in [1.165, 1.54) is 0 Å². The molecular weight excluding hydrogens is 342 g/mol. The number of rotatable bonds is 0. The average Bonchev–Trinajstić information content (AvgIpc) is 2.70. The molecule has 1 spiro atoms. The van der Waals surface area contributed by atoms with Crippen molar-refractivity contribution in [3.63, 3.8) is 0 Å². The quantitative estimate of drug-likeness (QED) is 0.636. The van der Waals surface area contributed by atoms with Crippen LogP contribution in [0, 0.1) is 22.7 Å². The first kappa shape index (κ1) is 19.3. The average molecular weight is 376 g/mol. The predicted molar refractivity (Wildman–Crippen MR) is 103 cm³/mol. The molecule has 0 aromatic heterocycles. The lowest BCUT2D eigenvalue weighted by molar-refractivity contribution is -0.292.